The third kappa shape index (κ3) is 3.06. The van der Waals surface area contributed by atoms with E-state index in [0.717, 1.165) is 28.1 Å². The minimum atomic E-state index is -0.0367. The Morgan fingerprint density at radius 2 is 1.86 bits per heavy atom. The van der Waals surface area contributed by atoms with Crippen molar-refractivity contribution in [3.8, 4) is 11.5 Å². The molecule has 1 aliphatic heterocycles. The fourth-order valence-corrected chi connectivity index (χ4v) is 2.46. The summed E-state index contributed by atoms with van der Waals surface area (Å²) in [6.45, 7) is 5.16. The lowest BCUT2D eigenvalue weighted by atomic mass is 10.1. The monoisotopic (exact) mass is 297 g/mol. The molecule has 1 aliphatic rings. The number of ether oxygens (including phenoxy) is 2. The summed E-state index contributed by atoms with van der Waals surface area (Å²) < 4.78 is 11.0. The van der Waals surface area contributed by atoms with Crippen LogP contribution in [0.2, 0.25) is 0 Å². The maximum absolute atomic E-state index is 12.2. The fourth-order valence-electron chi connectivity index (χ4n) is 2.46. The van der Waals surface area contributed by atoms with Crippen molar-refractivity contribution >= 4 is 11.6 Å². The number of amides is 1. The van der Waals surface area contributed by atoms with E-state index >= 15 is 0 Å². The van der Waals surface area contributed by atoms with E-state index in [1.807, 2.05) is 50.2 Å². The van der Waals surface area contributed by atoms with Crippen LogP contribution in [0.3, 0.4) is 0 Å². The molecule has 0 radical (unpaired) electrons. The summed E-state index contributed by atoms with van der Waals surface area (Å²) in [4.78, 5) is 12.2. The van der Waals surface area contributed by atoms with Gasteiger partial charge in [-0.25, -0.2) is 0 Å². The number of rotatable bonds is 3. The number of fused-ring (bicyclic) bond motifs is 1. The molecule has 0 aliphatic carbocycles. The van der Waals surface area contributed by atoms with Crippen molar-refractivity contribution in [2.24, 2.45) is 0 Å². The van der Waals surface area contributed by atoms with Crippen molar-refractivity contribution in [3.05, 3.63) is 53.1 Å². The smallest absolute Gasteiger partial charge is 0.228 e. The normalized spacial score (nSPS) is 12.8. The topological polar surface area (TPSA) is 47.6 Å². The van der Waals surface area contributed by atoms with Crippen LogP contribution in [0, 0.1) is 13.8 Å². The van der Waals surface area contributed by atoms with Gasteiger partial charge >= 0.3 is 0 Å². The number of carbonyl (C=O) groups is 1. The van der Waals surface area contributed by atoms with Gasteiger partial charge in [0.2, 0.25) is 5.91 Å². The largest absolute Gasteiger partial charge is 0.486 e. The van der Waals surface area contributed by atoms with Crippen LogP contribution < -0.4 is 14.8 Å². The molecule has 0 saturated carbocycles. The van der Waals surface area contributed by atoms with Crippen molar-refractivity contribution in [2.45, 2.75) is 20.3 Å². The van der Waals surface area contributed by atoms with Gasteiger partial charge < -0.3 is 14.8 Å². The van der Waals surface area contributed by atoms with Crippen LogP contribution in [-0.4, -0.2) is 19.1 Å². The third-order valence-electron chi connectivity index (χ3n) is 3.85. The van der Waals surface area contributed by atoms with Crippen LogP contribution in [0.25, 0.3) is 0 Å². The van der Waals surface area contributed by atoms with Crippen LogP contribution in [0.4, 0.5) is 5.69 Å². The number of hydrogen-bond donors (Lipinski definition) is 1. The SMILES string of the molecule is Cc1cccc(NC(=O)Cc2ccc3c(c2)OCCO3)c1C. The number of hydrogen-bond acceptors (Lipinski definition) is 3. The van der Waals surface area contributed by atoms with E-state index in [2.05, 4.69) is 5.32 Å². The molecule has 0 unspecified atom stereocenters. The summed E-state index contributed by atoms with van der Waals surface area (Å²) in [5, 5.41) is 2.97. The summed E-state index contributed by atoms with van der Waals surface area (Å²) in [5.74, 6) is 1.42. The number of anilines is 1. The maximum Gasteiger partial charge on any atom is 0.228 e. The van der Waals surface area contributed by atoms with E-state index in [-0.39, 0.29) is 5.91 Å². The van der Waals surface area contributed by atoms with E-state index in [0.29, 0.717) is 25.4 Å². The standard InChI is InChI=1S/C18H19NO3/c1-12-4-3-5-15(13(12)2)19-18(20)11-14-6-7-16-17(10-14)22-9-8-21-16/h3-7,10H,8-9,11H2,1-2H3,(H,19,20). The minimum absolute atomic E-state index is 0.0367. The first-order valence-corrected chi connectivity index (χ1v) is 7.38. The molecule has 0 spiro atoms. The van der Waals surface area contributed by atoms with Gasteiger partial charge in [0.05, 0.1) is 6.42 Å². The highest BCUT2D eigenvalue weighted by Crippen LogP contribution is 2.31. The van der Waals surface area contributed by atoms with E-state index < -0.39 is 0 Å². The van der Waals surface area contributed by atoms with Crippen molar-refractivity contribution in [1.29, 1.82) is 0 Å². The van der Waals surface area contributed by atoms with Gasteiger partial charge in [0.1, 0.15) is 13.2 Å². The van der Waals surface area contributed by atoms with Crippen molar-refractivity contribution in [2.75, 3.05) is 18.5 Å². The Morgan fingerprint density at radius 1 is 1.09 bits per heavy atom. The van der Waals surface area contributed by atoms with Crippen LogP contribution in [-0.2, 0) is 11.2 Å². The van der Waals surface area contributed by atoms with Crippen molar-refractivity contribution < 1.29 is 14.3 Å². The summed E-state index contributed by atoms with van der Waals surface area (Å²) in [5.41, 5.74) is 4.03. The first-order chi connectivity index (χ1) is 10.6. The average Bonchev–Trinajstić information content (AvgIpc) is 2.52. The zero-order chi connectivity index (χ0) is 15.5. The van der Waals surface area contributed by atoms with Crippen molar-refractivity contribution in [3.63, 3.8) is 0 Å². The fraction of sp³-hybridized carbons (Fsp3) is 0.278. The highest BCUT2D eigenvalue weighted by molar-refractivity contribution is 5.93. The number of benzene rings is 2. The Hall–Kier alpha value is -2.49. The zero-order valence-electron chi connectivity index (χ0n) is 12.8. The van der Waals surface area contributed by atoms with Crippen LogP contribution >= 0.6 is 0 Å². The van der Waals surface area contributed by atoms with Crippen LogP contribution in [0.5, 0.6) is 11.5 Å². The molecule has 0 fully saturated rings. The second kappa shape index (κ2) is 6.10. The third-order valence-corrected chi connectivity index (χ3v) is 3.85. The van der Waals surface area contributed by atoms with Crippen LogP contribution in [0.1, 0.15) is 16.7 Å². The molecule has 22 heavy (non-hydrogen) atoms. The predicted molar refractivity (Wildman–Crippen MR) is 85.7 cm³/mol. The summed E-state index contributed by atoms with van der Waals surface area (Å²) in [7, 11) is 0. The second-order valence-corrected chi connectivity index (χ2v) is 5.45. The second-order valence-electron chi connectivity index (χ2n) is 5.45. The van der Waals surface area contributed by atoms with Gasteiger partial charge in [-0.1, -0.05) is 18.2 Å². The van der Waals surface area contributed by atoms with Gasteiger partial charge in [-0.05, 0) is 48.7 Å². The predicted octanol–water partition coefficient (Wildman–Crippen LogP) is 3.26. The molecular weight excluding hydrogens is 278 g/mol. The molecule has 4 nitrogen and oxygen atoms in total. The first kappa shape index (κ1) is 14.4. The molecule has 1 amide bonds. The maximum atomic E-state index is 12.2. The molecule has 2 aromatic carbocycles. The van der Waals surface area contributed by atoms with E-state index in [4.69, 9.17) is 9.47 Å². The highest BCUT2D eigenvalue weighted by atomic mass is 16.6. The summed E-state index contributed by atoms with van der Waals surface area (Å²) in [6, 6.07) is 11.5. The van der Waals surface area contributed by atoms with Gasteiger partial charge in [-0.3, -0.25) is 4.79 Å². The Labute approximate surface area is 130 Å². The Morgan fingerprint density at radius 3 is 2.68 bits per heavy atom. The Balaban J connectivity index is 1.70. The number of carbonyl (C=O) groups excluding carboxylic acids is 1. The molecule has 0 atom stereocenters. The molecule has 3 rings (SSSR count). The van der Waals surface area contributed by atoms with Gasteiger partial charge in [0.25, 0.3) is 0 Å². The van der Waals surface area contributed by atoms with Gasteiger partial charge in [-0.2, -0.15) is 0 Å². The van der Waals surface area contributed by atoms with E-state index in [1.165, 1.54) is 0 Å². The lowest BCUT2D eigenvalue weighted by Gasteiger charge is -2.18. The molecule has 1 N–H and O–H groups in total. The average molecular weight is 297 g/mol. The van der Waals surface area contributed by atoms with Crippen LogP contribution in [0.15, 0.2) is 36.4 Å². The molecule has 4 heteroatoms. The van der Waals surface area contributed by atoms with Gasteiger partial charge in [0.15, 0.2) is 11.5 Å². The highest BCUT2D eigenvalue weighted by Gasteiger charge is 2.13. The lowest BCUT2D eigenvalue weighted by Crippen LogP contribution is -2.17. The molecule has 114 valence electrons. The van der Waals surface area contributed by atoms with Gasteiger partial charge in [0, 0.05) is 5.69 Å². The van der Waals surface area contributed by atoms with E-state index in [1.54, 1.807) is 0 Å². The number of aryl methyl sites for hydroxylation is 1. The Kier molecular flexibility index (Phi) is 4.00. The minimum Gasteiger partial charge on any atom is -0.486 e. The molecule has 2 aromatic rings. The first-order valence-electron chi connectivity index (χ1n) is 7.38. The van der Waals surface area contributed by atoms with Crippen molar-refractivity contribution in [1.82, 2.24) is 0 Å². The summed E-state index contributed by atoms with van der Waals surface area (Å²) >= 11 is 0. The molecule has 1 heterocycles. The molecule has 0 saturated heterocycles. The zero-order valence-corrected chi connectivity index (χ0v) is 12.8. The summed E-state index contributed by atoms with van der Waals surface area (Å²) in [6.07, 6.45) is 0.310. The quantitative estimate of drug-likeness (QED) is 0.946. The number of nitrogens with one attached hydrogen (secondary N) is 1. The van der Waals surface area contributed by atoms with Gasteiger partial charge in [-0.15, -0.1) is 0 Å². The lowest BCUT2D eigenvalue weighted by molar-refractivity contribution is -0.115. The Bertz CT molecular complexity index is 709. The molecule has 0 bridgehead atoms. The molecule has 0 aromatic heterocycles. The van der Waals surface area contributed by atoms with E-state index in [9.17, 15) is 4.79 Å². The molecular formula is C18H19NO3.